The van der Waals surface area contributed by atoms with E-state index in [1.807, 2.05) is 6.92 Å². The molecule has 0 aliphatic carbocycles. The molecular weight excluding hydrogens is 462 g/mol. The molecule has 0 saturated carbocycles. The molecular formula is C25H22F6O3. The summed E-state index contributed by atoms with van der Waals surface area (Å²) >= 11 is 0. The third-order valence-corrected chi connectivity index (χ3v) is 4.81. The second kappa shape index (κ2) is 10.7. The summed E-state index contributed by atoms with van der Waals surface area (Å²) in [5.74, 6) is -7.37. The minimum Gasteiger partial charge on any atom is -0.491 e. The van der Waals surface area contributed by atoms with Gasteiger partial charge in [-0.1, -0.05) is 25.5 Å². The fourth-order valence-corrected chi connectivity index (χ4v) is 3.23. The molecule has 0 aliphatic rings. The molecule has 182 valence electrons. The predicted molar refractivity (Wildman–Crippen MR) is 114 cm³/mol. The van der Waals surface area contributed by atoms with Crippen LogP contribution in [0.2, 0.25) is 0 Å². The number of benzene rings is 3. The smallest absolute Gasteiger partial charge is 0.432 e. The maximum absolute atomic E-state index is 14.6. The van der Waals surface area contributed by atoms with Gasteiger partial charge in [0.1, 0.15) is 5.75 Å². The van der Waals surface area contributed by atoms with E-state index in [2.05, 4.69) is 4.74 Å². The Labute approximate surface area is 192 Å². The zero-order valence-electron chi connectivity index (χ0n) is 18.4. The summed E-state index contributed by atoms with van der Waals surface area (Å²) in [7, 11) is 0. The summed E-state index contributed by atoms with van der Waals surface area (Å²) in [6.45, 7) is 2.21. The normalized spacial score (nSPS) is 11.4. The Morgan fingerprint density at radius 2 is 1.21 bits per heavy atom. The van der Waals surface area contributed by atoms with Crippen molar-refractivity contribution in [3.63, 3.8) is 0 Å². The van der Waals surface area contributed by atoms with Gasteiger partial charge in [0.2, 0.25) is 11.6 Å². The van der Waals surface area contributed by atoms with Gasteiger partial charge in [0, 0.05) is 11.1 Å². The molecule has 0 radical (unpaired) electrons. The summed E-state index contributed by atoms with van der Waals surface area (Å²) in [5, 5.41) is 0. The van der Waals surface area contributed by atoms with Crippen LogP contribution in [0.1, 0.15) is 25.8 Å². The number of hydrogen-bond donors (Lipinski definition) is 0. The van der Waals surface area contributed by atoms with E-state index >= 15 is 0 Å². The Morgan fingerprint density at radius 3 is 1.71 bits per heavy atom. The average Bonchev–Trinajstić information content (AvgIpc) is 2.80. The molecule has 0 aliphatic heterocycles. The maximum Gasteiger partial charge on any atom is 0.432 e. The standard InChI is InChI=1S/C25H22F6O3/c1-3-5-15-6-8-16(9-7-15)34-25(30,31)14-33-20-13-11-18(22(27)24(20)29)17-10-12-19(32-4-2)23(28)21(17)26/h6-13H,3-5,14H2,1-2H3. The van der Waals surface area contributed by atoms with Crippen molar-refractivity contribution in [1.29, 1.82) is 0 Å². The van der Waals surface area contributed by atoms with Crippen molar-refractivity contribution in [2.24, 2.45) is 0 Å². The molecule has 0 bridgehead atoms. The predicted octanol–water partition coefficient (Wildman–Crippen LogP) is 7.31. The molecule has 0 atom stereocenters. The van der Waals surface area contributed by atoms with Crippen LogP contribution in [0.3, 0.4) is 0 Å². The molecule has 0 spiro atoms. The van der Waals surface area contributed by atoms with Gasteiger partial charge >= 0.3 is 6.11 Å². The van der Waals surface area contributed by atoms with Crippen molar-refractivity contribution >= 4 is 0 Å². The number of alkyl halides is 2. The second-order valence-electron chi connectivity index (χ2n) is 7.33. The first-order chi connectivity index (χ1) is 16.2. The lowest BCUT2D eigenvalue weighted by Crippen LogP contribution is -2.32. The van der Waals surface area contributed by atoms with Crippen LogP contribution >= 0.6 is 0 Å². The quantitative estimate of drug-likeness (QED) is 0.283. The summed E-state index contributed by atoms with van der Waals surface area (Å²) < 4.78 is 100. The topological polar surface area (TPSA) is 27.7 Å². The molecule has 0 saturated heterocycles. The fourth-order valence-electron chi connectivity index (χ4n) is 3.23. The van der Waals surface area contributed by atoms with Crippen LogP contribution in [-0.4, -0.2) is 19.3 Å². The molecule has 0 N–H and O–H groups in total. The van der Waals surface area contributed by atoms with E-state index in [0.29, 0.717) is 0 Å². The molecule has 0 fully saturated rings. The average molecular weight is 484 g/mol. The summed E-state index contributed by atoms with van der Waals surface area (Å²) in [4.78, 5) is 0. The van der Waals surface area contributed by atoms with Crippen LogP contribution in [0.25, 0.3) is 11.1 Å². The van der Waals surface area contributed by atoms with Crippen molar-refractivity contribution < 1.29 is 40.6 Å². The van der Waals surface area contributed by atoms with Crippen molar-refractivity contribution in [3.8, 4) is 28.4 Å². The molecule has 3 rings (SSSR count). The Morgan fingerprint density at radius 1 is 0.676 bits per heavy atom. The zero-order chi connectivity index (χ0) is 24.9. The third-order valence-electron chi connectivity index (χ3n) is 4.81. The van der Waals surface area contributed by atoms with E-state index in [1.165, 1.54) is 12.1 Å². The van der Waals surface area contributed by atoms with Crippen molar-refractivity contribution in [2.75, 3.05) is 13.2 Å². The zero-order valence-corrected chi connectivity index (χ0v) is 18.4. The van der Waals surface area contributed by atoms with E-state index in [-0.39, 0.29) is 18.1 Å². The van der Waals surface area contributed by atoms with Crippen LogP contribution in [0.4, 0.5) is 26.3 Å². The monoisotopic (exact) mass is 484 g/mol. The highest BCUT2D eigenvalue weighted by Gasteiger charge is 2.34. The molecule has 3 aromatic carbocycles. The first-order valence-electron chi connectivity index (χ1n) is 10.5. The van der Waals surface area contributed by atoms with Crippen LogP contribution in [0, 0.1) is 23.3 Å². The van der Waals surface area contributed by atoms with Gasteiger partial charge in [0.15, 0.2) is 29.7 Å². The maximum atomic E-state index is 14.6. The van der Waals surface area contributed by atoms with Crippen LogP contribution in [-0.2, 0) is 6.42 Å². The molecule has 0 heterocycles. The second-order valence-corrected chi connectivity index (χ2v) is 7.33. The van der Waals surface area contributed by atoms with E-state index < -0.39 is 52.9 Å². The summed E-state index contributed by atoms with van der Waals surface area (Å²) in [6.07, 6.45) is -2.17. The number of hydrogen-bond acceptors (Lipinski definition) is 3. The molecule has 3 aromatic rings. The number of ether oxygens (including phenoxy) is 3. The van der Waals surface area contributed by atoms with Crippen LogP contribution in [0.5, 0.6) is 17.2 Å². The van der Waals surface area contributed by atoms with E-state index in [4.69, 9.17) is 9.47 Å². The number of rotatable bonds is 10. The molecule has 9 heteroatoms. The van der Waals surface area contributed by atoms with Crippen molar-refractivity contribution in [1.82, 2.24) is 0 Å². The SMILES string of the molecule is CCCc1ccc(OC(F)(F)COc2ccc(-c3ccc(OCC)c(F)c3F)c(F)c2F)cc1. The first kappa shape index (κ1) is 25.3. The number of aryl methyl sites for hydroxylation is 1. The highest BCUT2D eigenvalue weighted by molar-refractivity contribution is 5.67. The summed E-state index contributed by atoms with van der Waals surface area (Å²) in [5.41, 5.74) is -0.223. The lowest BCUT2D eigenvalue weighted by molar-refractivity contribution is -0.195. The van der Waals surface area contributed by atoms with Gasteiger partial charge in [-0.3, -0.25) is 0 Å². The Kier molecular flexibility index (Phi) is 7.96. The minimum absolute atomic E-state index is 0.0727. The van der Waals surface area contributed by atoms with Gasteiger partial charge in [-0.05, 0) is 55.3 Å². The van der Waals surface area contributed by atoms with Crippen LogP contribution in [0.15, 0.2) is 48.5 Å². The van der Waals surface area contributed by atoms with Gasteiger partial charge in [-0.2, -0.15) is 17.6 Å². The Balaban J connectivity index is 1.74. The summed E-state index contributed by atoms with van der Waals surface area (Å²) in [6, 6.07) is 9.88. The lowest BCUT2D eigenvalue weighted by atomic mass is 10.0. The minimum atomic E-state index is -3.85. The number of halogens is 6. The molecule has 0 amide bonds. The first-order valence-corrected chi connectivity index (χ1v) is 10.5. The van der Waals surface area contributed by atoms with E-state index in [1.54, 1.807) is 19.1 Å². The molecule has 0 unspecified atom stereocenters. The fraction of sp³-hybridized carbons (Fsp3) is 0.280. The van der Waals surface area contributed by atoms with E-state index in [0.717, 1.165) is 42.7 Å². The van der Waals surface area contributed by atoms with E-state index in [9.17, 15) is 26.3 Å². The third kappa shape index (κ3) is 5.76. The van der Waals surface area contributed by atoms with Crippen molar-refractivity contribution in [2.45, 2.75) is 32.8 Å². The van der Waals surface area contributed by atoms with Crippen molar-refractivity contribution in [3.05, 3.63) is 77.4 Å². The van der Waals surface area contributed by atoms with Gasteiger partial charge in [-0.25, -0.2) is 8.78 Å². The molecule has 34 heavy (non-hydrogen) atoms. The Bertz CT molecular complexity index is 1130. The lowest BCUT2D eigenvalue weighted by Gasteiger charge is -2.19. The Hall–Kier alpha value is -3.36. The van der Waals surface area contributed by atoms with Gasteiger partial charge in [0.25, 0.3) is 0 Å². The highest BCUT2D eigenvalue weighted by atomic mass is 19.3. The van der Waals surface area contributed by atoms with Crippen LogP contribution < -0.4 is 14.2 Å². The van der Waals surface area contributed by atoms with Gasteiger partial charge < -0.3 is 14.2 Å². The molecule has 3 nitrogen and oxygen atoms in total. The molecule has 0 aromatic heterocycles. The largest absolute Gasteiger partial charge is 0.491 e. The van der Waals surface area contributed by atoms with Gasteiger partial charge in [-0.15, -0.1) is 0 Å². The van der Waals surface area contributed by atoms with Gasteiger partial charge in [0.05, 0.1) is 6.61 Å². The highest BCUT2D eigenvalue weighted by Crippen LogP contribution is 2.35.